The van der Waals surface area contributed by atoms with E-state index in [0.29, 0.717) is 10.7 Å². The Kier molecular flexibility index (Phi) is 4.93. The number of carbonyl (C=O) groups is 1. The van der Waals surface area contributed by atoms with Crippen LogP contribution in [0.25, 0.3) is 5.69 Å². The number of hydrogen-bond acceptors (Lipinski definition) is 4. The molecule has 0 radical (unpaired) electrons. The second kappa shape index (κ2) is 7.10. The molecule has 0 saturated heterocycles. The Hall–Kier alpha value is -1.92. The topological polar surface area (TPSA) is 80.0 Å². The maximum Gasteiger partial charge on any atom is 0.273 e. The lowest BCUT2D eigenvalue weighted by Gasteiger charge is -2.30. The summed E-state index contributed by atoms with van der Waals surface area (Å²) in [7, 11) is 0. The van der Waals surface area contributed by atoms with Gasteiger partial charge in [-0.2, -0.15) is 9.90 Å². The highest BCUT2D eigenvalue weighted by atomic mass is 35.5. The van der Waals surface area contributed by atoms with Gasteiger partial charge in [-0.05, 0) is 31.0 Å². The Labute approximate surface area is 139 Å². The van der Waals surface area contributed by atoms with E-state index in [1.165, 1.54) is 11.0 Å². The minimum atomic E-state index is -0.261. The van der Waals surface area contributed by atoms with Crippen LogP contribution in [0.2, 0.25) is 5.02 Å². The van der Waals surface area contributed by atoms with E-state index in [1.807, 2.05) is 6.07 Å². The molecule has 1 heterocycles. The SMILES string of the molecule is O=C(NC1CCCCC1CO)c1cnn(-c2cccc(Cl)c2)n1. The number of hydrogen-bond donors (Lipinski definition) is 2. The van der Waals surface area contributed by atoms with Crippen molar-refractivity contribution in [2.75, 3.05) is 6.61 Å². The number of halogens is 1. The Morgan fingerprint density at radius 3 is 3.00 bits per heavy atom. The van der Waals surface area contributed by atoms with Crippen molar-refractivity contribution in [3.05, 3.63) is 41.2 Å². The van der Waals surface area contributed by atoms with Gasteiger partial charge in [-0.15, -0.1) is 5.10 Å². The summed E-state index contributed by atoms with van der Waals surface area (Å²) in [6.07, 6.45) is 5.43. The van der Waals surface area contributed by atoms with Gasteiger partial charge in [-0.3, -0.25) is 4.79 Å². The summed E-state index contributed by atoms with van der Waals surface area (Å²) in [5.74, 6) is -0.140. The summed E-state index contributed by atoms with van der Waals surface area (Å²) >= 11 is 5.95. The van der Waals surface area contributed by atoms with Gasteiger partial charge >= 0.3 is 0 Å². The van der Waals surface area contributed by atoms with E-state index in [1.54, 1.807) is 18.2 Å². The molecule has 6 nitrogen and oxygen atoms in total. The van der Waals surface area contributed by atoms with Gasteiger partial charge in [0.2, 0.25) is 0 Å². The van der Waals surface area contributed by atoms with Crippen LogP contribution in [0.5, 0.6) is 0 Å². The first-order chi connectivity index (χ1) is 11.2. The fourth-order valence-corrected chi connectivity index (χ4v) is 3.14. The van der Waals surface area contributed by atoms with Gasteiger partial charge < -0.3 is 10.4 Å². The van der Waals surface area contributed by atoms with Gasteiger partial charge in [-0.25, -0.2) is 0 Å². The first-order valence-electron chi connectivity index (χ1n) is 7.77. The summed E-state index contributed by atoms with van der Waals surface area (Å²) in [5, 5.41) is 21.3. The van der Waals surface area contributed by atoms with E-state index in [-0.39, 0.29) is 30.2 Å². The third-order valence-corrected chi connectivity index (χ3v) is 4.46. The number of amides is 1. The van der Waals surface area contributed by atoms with Crippen LogP contribution in [0, 0.1) is 5.92 Å². The summed E-state index contributed by atoms with van der Waals surface area (Å²) in [6, 6.07) is 7.11. The molecule has 1 amide bonds. The summed E-state index contributed by atoms with van der Waals surface area (Å²) < 4.78 is 0. The third-order valence-electron chi connectivity index (χ3n) is 4.22. The number of rotatable bonds is 4. The van der Waals surface area contributed by atoms with E-state index in [4.69, 9.17) is 11.6 Å². The fourth-order valence-electron chi connectivity index (χ4n) is 2.95. The number of aromatic nitrogens is 3. The van der Waals surface area contributed by atoms with Crippen LogP contribution in [-0.4, -0.2) is 38.7 Å². The van der Waals surface area contributed by atoms with Crippen LogP contribution < -0.4 is 5.32 Å². The van der Waals surface area contributed by atoms with Crippen molar-refractivity contribution < 1.29 is 9.90 Å². The lowest BCUT2D eigenvalue weighted by molar-refractivity contribution is 0.0867. The molecule has 1 saturated carbocycles. The normalized spacial score (nSPS) is 21.1. The van der Waals surface area contributed by atoms with Crippen LogP contribution in [0.4, 0.5) is 0 Å². The molecule has 1 fully saturated rings. The van der Waals surface area contributed by atoms with Crippen molar-refractivity contribution in [2.24, 2.45) is 5.92 Å². The molecule has 2 aromatic rings. The van der Waals surface area contributed by atoms with Gasteiger partial charge in [0, 0.05) is 23.6 Å². The Morgan fingerprint density at radius 2 is 2.22 bits per heavy atom. The highest BCUT2D eigenvalue weighted by Crippen LogP contribution is 2.24. The molecule has 7 heteroatoms. The predicted molar refractivity (Wildman–Crippen MR) is 86.7 cm³/mol. The van der Waals surface area contributed by atoms with Crippen molar-refractivity contribution in [3.8, 4) is 5.69 Å². The van der Waals surface area contributed by atoms with Gasteiger partial charge in [0.05, 0.1) is 11.9 Å². The van der Waals surface area contributed by atoms with Crippen molar-refractivity contribution in [2.45, 2.75) is 31.7 Å². The number of aliphatic hydroxyl groups excluding tert-OH is 1. The average molecular weight is 335 g/mol. The lowest BCUT2D eigenvalue weighted by Crippen LogP contribution is -2.43. The van der Waals surface area contributed by atoms with E-state index in [9.17, 15) is 9.90 Å². The van der Waals surface area contributed by atoms with E-state index < -0.39 is 0 Å². The molecule has 1 aromatic heterocycles. The second-order valence-corrected chi connectivity index (χ2v) is 6.24. The van der Waals surface area contributed by atoms with E-state index in [2.05, 4.69) is 15.5 Å². The molecule has 1 aliphatic carbocycles. The Morgan fingerprint density at radius 1 is 1.39 bits per heavy atom. The second-order valence-electron chi connectivity index (χ2n) is 5.81. The fraction of sp³-hybridized carbons (Fsp3) is 0.438. The molecule has 1 aromatic carbocycles. The first-order valence-corrected chi connectivity index (χ1v) is 8.15. The highest BCUT2D eigenvalue weighted by molar-refractivity contribution is 6.30. The molecular weight excluding hydrogens is 316 g/mol. The molecule has 3 rings (SSSR count). The molecule has 0 aliphatic heterocycles. The van der Waals surface area contributed by atoms with Crippen molar-refractivity contribution >= 4 is 17.5 Å². The molecule has 2 N–H and O–H groups in total. The largest absolute Gasteiger partial charge is 0.396 e. The van der Waals surface area contributed by atoms with Gasteiger partial charge in [0.15, 0.2) is 5.69 Å². The maximum atomic E-state index is 12.4. The van der Waals surface area contributed by atoms with Crippen LogP contribution >= 0.6 is 11.6 Å². The number of nitrogens with one attached hydrogen (secondary N) is 1. The standard InChI is InChI=1S/C16H19ClN4O2/c17-12-5-3-6-13(8-12)21-18-9-15(20-21)16(23)19-14-7-2-1-4-11(14)10-22/h3,5-6,8-9,11,14,22H,1-2,4,7,10H2,(H,19,23). The number of benzene rings is 1. The van der Waals surface area contributed by atoms with Gasteiger partial charge in [0.1, 0.15) is 0 Å². The monoisotopic (exact) mass is 334 g/mol. The quantitative estimate of drug-likeness (QED) is 0.898. The summed E-state index contributed by atoms with van der Waals surface area (Å²) in [6.45, 7) is 0.0974. The number of nitrogens with zero attached hydrogens (tertiary/aromatic N) is 3. The number of carbonyl (C=O) groups excluding carboxylic acids is 1. The molecule has 0 spiro atoms. The van der Waals surface area contributed by atoms with Crippen LogP contribution in [0.1, 0.15) is 36.2 Å². The molecular formula is C16H19ClN4O2. The minimum absolute atomic E-state index is 0.00225. The van der Waals surface area contributed by atoms with Crippen LogP contribution in [0.3, 0.4) is 0 Å². The highest BCUT2D eigenvalue weighted by Gasteiger charge is 2.26. The van der Waals surface area contributed by atoms with Crippen molar-refractivity contribution in [3.63, 3.8) is 0 Å². The molecule has 122 valence electrons. The zero-order chi connectivity index (χ0) is 16.2. The minimum Gasteiger partial charge on any atom is -0.396 e. The lowest BCUT2D eigenvalue weighted by atomic mass is 9.85. The predicted octanol–water partition coefficient (Wildman–Crippen LogP) is 2.20. The maximum absolute atomic E-state index is 12.4. The Balaban J connectivity index is 1.71. The summed E-state index contributed by atoms with van der Waals surface area (Å²) in [5.41, 5.74) is 0.953. The third kappa shape index (κ3) is 3.71. The number of aliphatic hydroxyl groups is 1. The molecule has 0 bridgehead atoms. The van der Waals surface area contributed by atoms with Crippen LogP contribution in [0.15, 0.2) is 30.5 Å². The Bertz CT molecular complexity index is 688. The molecule has 2 atom stereocenters. The molecule has 23 heavy (non-hydrogen) atoms. The molecule has 1 aliphatic rings. The van der Waals surface area contributed by atoms with E-state index in [0.717, 1.165) is 25.7 Å². The summed E-state index contributed by atoms with van der Waals surface area (Å²) in [4.78, 5) is 13.7. The first kappa shape index (κ1) is 16.0. The smallest absolute Gasteiger partial charge is 0.273 e. The van der Waals surface area contributed by atoms with Crippen LogP contribution in [-0.2, 0) is 0 Å². The molecule has 2 unspecified atom stereocenters. The van der Waals surface area contributed by atoms with E-state index >= 15 is 0 Å². The van der Waals surface area contributed by atoms with Gasteiger partial charge in [-0.1, -0.05) is 30.5 Å². The van der Waals surface area contributed by atoms with Gasteiger partial charge in [0.25, 0.3) is 5.91 Å². The van der Waals surface area contributed by atoms with Crippen molar-refractivity contribution in [1.82, 2.24) is 20.3 Å². The zero-order valence-electron chi connectivity index (χ0n) is 12.7. The van der Waals surface area contributed by atoms with Crippen molar-refractivity contribution in [1.29, 1.82) is 0 Å². The zero-order valence-corrected chi connectivity index (χ0v) is 13.4. The average Bonchev–Trinajstić information content (AvgIpc) is 3.05.